The molecule has 1 unspecified atom stereocenters. The lowest BCUT2D eigenvalue weighted by Crippen LogP contribution is -2.35. The van der Waals surface area contributed by atoms with Gasteiger partial charge < -0.3 is 10.2 Å². The quantitative estimate of drug-likeness (QED) is 0.616. The van der Waals surface area contributed by atoms with E-state index >= 15 is 0 Å². The van der Waals surface area contributed by atoms with E-state index in [1.807, 2.05) is 6.92 Å². The number of carbonyl (C=O) groups excluding carboxylic acids is 1. The van der Waals surface area contributed by atoms with Crippen LogP contribution < -0.4 is 10.2 Å². The predicted octanol–water partition coefficient (Wildman–Crippen LogP) is 6.13. The SMILES string of the molecule is CC1CCN(c2cc(C(C)(C)C)ccc2CNC(=O)C(C)c2ccc3c(c2)CCC3)CC1. The number of nitrogens with zero attached hydrogens (tertiary/aromatic N) is 1. The van der Waals surface area contributed by atoms with Gasteiger partial charge in [-0.3, -0.25) is 4.79 Å². The van der Waals surface area contributed by atoms with Gasteiger partial charge in [-0.15, -0.1) is 0 Å². The first-order valence-corrected chi connectivity index (χ1v) is 12.5. The molecular weight excluding hydrogens is 392 g/mol. The van der Waals surface area contributed by atoms with Gasteiger partial charge in [0.2, 0.25) is 5.91 Å². The Morgan fingerprint density at radius 2 is 1.78 bits per heavy atom. The molecule has 1 saturated heterocycles. The van der Waals surface area contributed by atoms with Crippen molar-refractivity contribution in [3.05, 3.63) is 64.2 Å². The van der Waals surface area contributed by atoms with Crippen LogP contribution in [0, 0.1) is 5.92 Å². The normalized spacial score (nSPS) is 17.8. The number of benzene rings is 2. The second-order valence-corrected chi connectivity index (χ2v) is 11.1. The van der Waals surface area contributed by atoms with E-state index in [-0.39, 0.29) is 17.2 Å². The molecule has 0 bridgehead atoms. The third kappa shape index (κ3) is 5.03. The summed E-state index contributed by atoms with van der Waals surface area (Å²) in [6.07, 6.45) is 6.04. The van der Waals surface area contributed by atoms with Crippen molar-refractivity contribution in [2.75, 3.05) is 18.0 Å². The van der Waals surface area contributed by atoms with Gasteiger partial charge in [0.1, 0.15) is 0 Å². The average molecular weight is 433 g/mol. The maximum atomic E-state index is 13.0. The number of amides is 1. The van der Waals surface area contributed by atoms with Crippen molar-refractivity contribution >= 4 is 11.6 Å². The van der Waals surface area contributed by atoms with Gasteiger partial charge in [0, 0.05) is 25.3 Å². The molecule has 1 aliphatic carbocycles. The number of nitrogens with one attached hydrogen (secondary N) is 1. The molecule has 0 saturated carbocycles. The van der Waals surface area contributed by atoms with E-state index in [2.05, 4.69) is 74.3 Å². The molecular formula is C29H40N2O. The topological polar surface area (TPSA) is 32.3 Å². The van der Waals surface area contributed by atoms with Crippen LogP contribution in [0.5, 0.6) is 0 Å². The smallest absolute Gasteiger partial charge is 0.227 e. The van der Waals surface area contributed by atoms with E-state index in [4.69, 9.17) is 0 Å². The van der Waals surface area contributed by atoms with E-state index in [0.717, 1.165) is 31.0 Å². The third-order valence-corrected chi connectivity index (χ3v) is 7.54. The molecule has 2 aliphatic rings. The Kier molecular flexibility index (Phi) is 6.65. The van der Waals surface area contributed by atoms with E-state index < -0.39 is 0 Å². The summed E-state index contributed by atoms with van der Waals surface area (Å²) in [6, 6.07) is 13.5. The minimum absolute atomic E-state index is 0.112. The number of piperidine rings is 1. The van der Waals surface area contributed by atoms with E-state index in [1.165, 1.54) is 53.6 Å². The van der Waals surface area contributed by atoms with Gasteiger partial charge in [0.25, 0.3) is 0 Å². The summed E-state index contributed by atoms with van der Waals surface area (Å²) in [7, 11) is 0. The molecule has 3 heteroatoms. The molecule has 0 spiro atoms. The Bertz CT molecular complexity index is 964. The lowest BCUT2D eigenvalue weighted by Gasteiger charge is -2.35. The zero-order chi connectivity index (χ0) is 22.9. The fourth-order valence-electron chi connectivity index (χ4n) is 5.07. The lowest BCUT2D eigenvalue weighted by atomic mass is 9.85. The Hall–Kier alpha value is -2.29. The van der Waals surface area contributed by atoms with Gasteiger partial charge in [-0.25, -0.2) is 0 Å². The van der Waals surface area contributed by atoms with Crippen molar-refractivity contribution in [2.24, 2.45) is 5.92 Å². The summed E-state index contributed by atoms with van der Waals surface area (Å²) in [5.41, 5.74) is 8.02. The summed E-state index contributed by atoms with van der Waals surface area (Å²) in [6.45, 7) is 14.0. The zero-order valence-electron chi connectivity index (χ0n) is 20.6. The van der Waals surface area contributed by atoms with E-state index in [9.17, 15) is 4.79 Å². The van der Waals surface area contributed by atoms with Crippen LogP contribution in [0.3, 0.4) is 0 Å². The van der Waals surface area contributed by atoms with Crippen LogP contribution in [-0.4, -0.2) is 19.0 Å². The van der Waals surface area contributed by atoms with Crippen LogP contribution >= 0.6 is 0 Å². The Labute approximate surface area is 194 Å². The van der Waals surface area contributed by atoms with Gasteiger partial charge in [-0.2, -0.15) is 0 Å². The number of hydrogen-bond acceptors (Lipinski definition) is 2. The molecule has 2 aromatic carbocycles. The highest BCUT2D eigenvalue weighted by Gasteiger charge is 2.23. The fraction of sp³-hybridized carbons (Fsp3) is 0.552. The molecule has 2 aromatic rings. The Morgan fingerprint density at radius 1 is 1.06 bits per heavy atom. The van der Waals surface area contributed by atoms with Crippen LogP contribution in [0.25, 0.3) is 0 Å². The number of hydrogen-bond donors (Lipinski definition) is 1. The van der Waals surface area contributed by atoms with Crippen molar-refractivity contribution in [3.63, 3.8) is 0 Å². The second-order valence-electron chi connectivity index (χ2n) is 11.1. The van der Waals surface area contributed by atoms with Gasteiger partial charge in [0.15, 0.2) is 0 Å². The van der Waals surface area contributed by atoms with Crippen LogP contribution in [0.1, 0.15) is 87.6 Å². The average Bonchev–Trinajstić information content (AvgIpc) is 3.24. The summed E-state index contributed by atoms with van der Waals surface area (Å²) in [5.74, 6) is 0.781. The number of carbonyl (C=O) groups is 1. The highest BCUT2D eigenvalue weighted by molar-refractivity contribution is 5.83. The van der Waals surface area contributed by atoms with Crippen molar-refractivity contribution in [1.29, 1.82) is 0 Å². The highest BCUT2D eigenvalue weighted by Crippen LogP contribution is 2.32. The van der Waals surface area contributed by atoms with Crippen LogP contribution in [0.4, 0.5) is 5.69 Å². The molecule has 0 radical (unpaired) electrons. The molecule has 1 amide bonds. The molecule has 0 aromatic heterocycles. The summed E-state index contributed by atoms with van der Waals surface area (Å²) < 4.78 is 0. The fourth-order valence-corrected chi connectivity index (χ4v) is 5.07. The van der Waals surface area contributed by atoms with Gasteiger partial charge >= 0.3 is 0 Å². The minimum Gasteiger partial charge on any atom is -0.371 e. The summed E-state index contributed by atoms with van der Waals surface area (Å²) in [5, 5.41) is 3.25. The number of fused-ring (bicyclic) bond motifs is 1. The van der Waals surface area contributed by atoms with Crippen LogP contribution in [0.2, 0.25) is 0 Å². The summed E-state index contributed by atoms with van der Waals surface area (Å²) in [4.78, 5) is 15.6. The van der Waals surface area contributed by atoms with Crippen molar-refractivity contribution in [1.82, 2.24) is 5.32 Å². The highest BCUT2D eigenvalue weighted by atomic mass is 16.1. The number of rotatable bonds is 5. The van der Waals surface area contributed by atoms with E-state index in [1.54, 1.807) is 0 Å². The maximum Gasteiger partial charge on any atom is 0.227 e. The Morgan fingerprint density at radius 3 is 2.50 bits per heavy atom. The van der Waals surface area contributed by atoms with Crippen LogP contribution in [-0.2, 0) is 29.6 Å². The molecule has 32 heavy (non-hydrogen) atoms. The summed E-state index contributed by atoms with van der Waals surface area (Å²) >= 11 is 0. The van der Waals surface area contributed by atoms with Crippen molar-refractivity contribution < 1.29 is 4.79 Å². The monoisotopic (exact) mass is 432 g/mol. The second kappa shape index (κ2) is 9.29. The Balaban J connectivity index is 1.49. The maximum absolute atomic E-state index is 13.0. The minimum atomic E-state index is -0.131. The van der Waals surface area contributed by atoms with E-state index in [0.29, 0.717) is 6.54 Å². The predicted molar refractivity (Wildman–Crippen MR) is 134 cm³/mol. The number of aryl methyl sites for hydroxylation is 2. The first-order chi connectivity index (χ1) is 15.2. The number of anilines is 1. The third-order valence-electron chi connectivity index (χ3n) is 7.54. The molecule has 1 atom stereocenters. The lowest BCUT2D eigenvalue weighted by molar-refractivity contribution is -0.122. The van der Waals surface area contributed by atoms with Gasteiger partial charge in [-0.1, -0.05) is 58.0 Å². The van der Waals surface area contributed by atoms with Crippen molar-refractivity contribution in [3.8, 4) is 0 Å². The first-order valence-electron chi connectivity index (χ1n) is 12.5. The molecule has 1 heterocycles. The first kappa shape index (κ1) is 22.9. The standard InChI is InChI=1S/C29H40N2O/c1-20-13-15-31(16-14-20)27-18-26(29(3,4)5)12-11-25(27)19-30-28(32)21(2)23-10-9-22-7-6-8-24(22)17-23/h9-12,17-18,20-21H,6-8,13-16,19H2,1-5H3,(H,30,32). The van der Waals surface area contributed by atoms with Crippen LogP contribution in [0.15, 0.2) is 36.4 Å². The van der Waals surface area contributed by atoms with Gasteiger partial charge in [-0.05, 0) is 84.2 Å². The van der Waals surface area contributed by atoms with Gasteiger partial charge in [0.05, 0.1) is 5.92 Å². The molecule has 3 nitrogen and oxygen atoms in total. The molecule has 1 fully saturated rings. The molecule has 172 valence electrons. The molecule has 4 rings (SSSR count). The largest absolute Gasteiger partial charge is 0.371 e. The zero-order valence-corrected chi connectivity index (χ0v) is 20.6. The molecule has 1 aliphatic heterocycles. The molecule has 1 N–H and O–H groups in total. The van der Waals surface area contributed by atoms with Crippen molar-refractivity contribution in [2.45, 2.75) is 84.6 Å².